The summed E-state index contributed by atoms with van der Waals surface area (Å²) in [6.07, 6.45) is -4.63. The van der Waals surface area contributed by atoms with Gasteiger partial charge >= 0.3 is 12.5 Å². The van der Waals surface area contributed by atoms with E-state index in [1.807, 2.05) is 0 Å². The molecule has 1 atom stereocenters. The second kappa shape index (κ2) is 9.85. The van der Waals surface area contributed by atoms with Gasteiger partial charge in [-0.3, -0.25) is 0 Å². The Bertz CT molecular complexity index is 1170. The summed E-state index contributed by atoms with van der Waals surface area (Å²) in [7, 11) is 0. The van der Waals surface area contributed by atoms with Gasteiger partial charge in [0.25, 0.3) is 0 Å². The molecule has 2 aromatic rings. The number of ether oxygens (including phenoxy) is 1. The van der Waals surface area contributed by atoms with Crippen molar-refractivity contribution in [1.29, 1.82) is 5.26 Å². The summed E-state index contributed by atoms with van der Waals surface area (Å²) in [6.45, 7) is -0.0753. The Morgan fingerprint density at radius 3 is 2.67 bits per heavy atom. The molecule has 1 aliphatic heterocycles. The molecule has 3 N–H and O–H groups in total. The third-order valence-electron chi connectivity index (χ3n) is 4.15. The molecule has 0 radical (unpaired) electrons. The van der Waals surface area contributed by atoms with Crippen LogP contribution in [0.1, 0.15) is 5.56 Å². The first-order chi connectivity index (χ1) is 15.6. The molecule has 33 heavy (non-hydrogen) atoms. The van der Waals surface area contributed by atoms with Gasteiger partial charge in [-0.25, -0.2) is 9.80 Å². The number of halogens is 5. The van der Waals surface area contributed by atoms with Gasteiger partial charge in [-0.1, -0.05) is 35.3 Å². The van der Waals surface area contributed by atoms with Crippen molar-refractivity contribution in [3.8, 4) is 11.9 Å². The molecule has 0 spiro atoms. The smallest absolute Gasteiger partial charge is 0.465 e. The van der Waals surface area contributed by atoms with Crippen molar-refractivity contribution in [2.75, 3.05) is 11.9 Å². The quantitative estimate of drug-likeness (QED) is 0.322. The van der Waals surface area contributed by atoms with Crippen molar-refractivity contribution in [1.82, 2.24) is 10.3 Å². The Hall–Kier alpha value is -3.69. The molecular formula is C19H13Cl2F3N6O3. The lowest BCUT2D eigenvalue weighted by molar-refractivity contribution is -0.274. The number of rotatable bonds is 4. The van der Waals surface area contributed by atoms with Crippen LogP contribution in [-0.4, -0.2) is 46.8 Å². The maximum atomic E-state index is 12.5. The molecule has 0 saturated heterocycles. The fraction of sp³-hybridized carbons (Fsp3) is 0.158. The molecule has 0 aliphatic carbocycles. The number of hydrogen-bond donors (Lipinski definition) is 3. The highest BCUT2D eigenvalue weighted by atomic mass is 35.5. The van der Waals surface area contributed by atoms with Gasteiger partial charge in [0.1, 0.15) is 5.75 Å². The number of hydrogen-bond acceptors (Lipinski definition) is 5. The van der Waals surface area contributed by atoms with Crippen molar-refractivity contribution in [3.05, 3.63) is 58.1 Å². The van der Waals surface area contributed by atoms with Crippen LogP contribution in [0.5, 0.6) is 5.75 Å². The molecule has 1 unspecified atom stereocenters. The van der Waals surface area contributed by atoms with Crippen LogP contribution in [0.3, 0.4) is 0 Å². The number of nitrogens with one attached hydrogen (secondary N) is 2. The van der Waals surface area contributed by atoms with Gasteiger partial charge in [-0.05, 0) is 24.3 Å². The number of aliphatic imine (C=N–C) groups is 1. The highest BCUT2D eigenvalue weighted by Crippen LogP contribution is 2.27. The number of amides is 1. The second-order valence-electron chi connectivity index (χ2n) is 6.43. The van der Waals surface area contributed by atoms with Crippen LogP contribution in [0.4, 0.5) is 23.7 Å². The lowest BCUT2D eigenvalue weighted by Gasteiger charge is -2.18. The molecule has 9 nitrogen and oxygen atoms in total. The van der Waals surface area contributed by atoms with E-state index in [4.69, 9.17) is 28.5 Å². The van der Waals surface area contributed by atoms with Gasteiger partial charge in [0, 0.05) is 17.3 Å². The first-order valence-corrected chi connectivity index (χ1v) is 9.72. The van der Waals surface area contributed by atoms with Crippen LogP contribution in [0.2, 0.25) is 10.0 Å². The maximum absolute atomic E-state index is 12.5. The van der Waals surface area contributed by atoms with Crippen LogP contribution in [0, 0.1) is 11.5 Å². The second-order valence-corrected chi connectivity index (χ2v) is 7.25. The predicted molar refractivity (Wildman–Crippen MR) is 114 cm³/mol. The number of guanidine groups is 1. The minimum absolute atomic E-state index is 0.0753. The molecule has 14 heteroatoms. The summed E-state index contributed by atoms with van der Waals surface area (Å²) in [4.78, 5) is 14.9. The highest BCUT2D eigenvalue weighted by Gasteiger charge is 2.33. The summed E-state index contributed by atoms with van der Waals surface area (Å²) in [5.74, 6) is -0.649. The molecule has 1 aliphatic rings. The van der Waals surface area contributed by atoms with E-state index in [-0.39, 0.29) is 33.9 Å². The van der Waals surface area contributed by atoms with Crippen molar-refractivity contribution in [2.45, 2.75) is 12.4 Å². The number of nitriles is 1. The monoisotopic (exact) mass is 500 g/mol. The standard InChI is InChI=1S/C19H13Cl2F3N6O3/c20-13-5-4-10(6-14(13)21)16-15(28-18(31)32)8-30(29-16)17(26-9-25)27-11-2-1-3-12(7-11)33-19(22,23)24/h1-7,15,28H,8H2,(H,26,27)(H,31,32). The summed E-state index contributed by atoms with van der Waals surface area (Å²) >= 11 is 12.0. The normalized spacial score (nSPS) is 16.1. The topological polar surface area (TPSA) is 122 Å². The number of hydrazone groups is 1. The molecule has 3 rings (SSSR count). The van der Waals surface area contributed by atoms with E-state index in [0.29, 0.717) is 5.56 Å². The van der Waals surface area contributed by atoms with Crippen LogP contribution in [-0.2, 0) is 0 Å². The number of alkyl halides is 3. The Kier molecular flexibility index (Phi) is 7.15. The van der Waals surface area contributed by atoms with E-state index in [0.717, 1.165) is 12.1 Å². The summed E-state index contributed by atoms with van der Waals surface area (Å²) < 4.78 is 41.4. The van der Waals surface area contributed by atoms with Gasteiger partial charge in [-0.2, -0.15) is 10.4 Å². The lowest BCUT2D eigenvalue weighted by Crippen LogP contribution is -2.43. The van der Waals surface area contributed by atoms with Crippen molar-refractivity contribution in [2.24, 2.45) is 10.1 Å². The third kappa shape index (κ3) is 6.41. The average Bonchev–Trinajstić information content (AvgIpc) is 3.12. The summed E-state index contributed by atoms with van der Waals surface area (Å²) in [5.41, 5.74) is 0.840. The molecule has 2 aromatic carbocycles. The first kappa shape index (κ1) is 24.0. The average molecular weight is 501 g/mol. The van der Waals surface area contributed by atoms with Crippen LogP contribution in [0.25, 0.3) is 0 Å². The highest BCUT2D eigenvalue weighted by molar-refractivity contribution is 6.42. The Labute approximate surface area is 194 Å². The zero-order valence-corrected chi connectivity index (χ0v) is 17.8. The van der Waals surface area contributed by atoms with Crippen molar-refractivity contribution < 1.29 is 27.8 Å². The molecule has 172 valence electrons. The molecule has 0 saturated carbocycles. The van der Waals surface area contributed by atoms with E-state index in [9.17, 15) is 23.1 Å². The molecule has 1 amide bonds. The van der Waals surface area contributed by atoms with E-state index in [1.54, 1.807) is 12.3 Å². The molecule has 0 bridgehead atoms. The third-order valence-corrected chi connectivity index (χ3v) is 4.89. The van der Waals surface area contributed by atoms with Crippen molar-refractivity contribution in [3.63, 3.8) is 0 Å². The van der Waals surface area contributed by atoms with E-state index >= 15 is 0 Å². The zero-order valence-electron chi connectivity index (χ0n) is 16.3. The Balaban J connectivity index is 1.91. The number of carboxylic acid groups (broad SMARTS) is 1. The largest absolute Gasteiger partial charge is 0.573 e. The predicted octanol–water partition coefficient (Wildman–Crippen LogP) is 4.50. The van der Waals surface area contributed by atoms with Crippen molar-refractivity contribution >= 4 is 46.7 Å². The molecule has 1 heterocycles. The summed E-state index contributed by atoms with van der Waals surface area (Å²) in [6, 6.07) is 8.62. The first-order valence-electron chi connectivity index (χ1n) is 8.96. The van der Waals surface area contributed by atoms with Gasteiger partial charge in [0.15, 0.2) is 0 Å². The fourth-order valence-electron chi connectivity index (χ4n) is 2.91. The Morgan fingerprint density at radius 1 is 1.27 bits per heavy atom. The maximum Gasteiger partial charge on any atom is 0.573 e. The number of carbonyl (C=O) groups is 1. The number of anilines is 1. The summed E-state index contributed by atoms with van der Waals surface area (Å²) in [5, 5.41) is 29.3. The van der Waals surface area contributed by atoms with Gasteiger partial charge in [-0.15, -0.1) is 18.2 Å². The van der Waals surface area contributed by atoms with E-state index < -0.39 is 24.2 Å². The van der Waals surface area contributed by atoms with Crippen LogP contribution < -0.4 is 15.4 Å². The molecule has 0 fully saturated rings. The van der Waals surface area contributed by atoms with E-state index in [1.165, 1.54) is 29.3 Å². The molecule has 0 aromatic heterocycles. The molecular weight excluding hydrogens is 488 g/mol. The van der Waals surface area contributed by atoms with Gasteiger partial charge in [0.05, 0.1) is 28.3 Å². The SMILES string of the molecule is N#C/N=C(/Nc1cccc(OC(F)(F)F)c1)N1CC(NC(=O)O)C(c2ccc(Cl)c(Cl)c2)=N1. The number of benzene rings is 2. The van der Waals surface area contributed by atoms with Gasteiger partial charge < -0.3 is 20.5 Å². The fourth-order valence-corrected chi connectivity index (χ4v) is 3.21. The van der Waals surface area contributed by atoms with Gasteiger partial charge in [0.2, 0.25) is 12.2 Å². The zero-order chi connectivity index (χ0) is 24.2. The van der Waals surface area contributed by atoms with Crippen LogP contribution in [0.15, 0.2) is 52.6 Å². The minimum atomic E-state index is -4.88. The lowest BCUT2D eigenvalue weighted by atomic mass is 10.0. The number of nitrogens with zero attached hydrogens (tertiary/aromatic N) is 4. The Morgan fingerprint density at radius 2 is 2.03 bits per heavy atom. The minimum Gasteiger partial charge on any atom is -0.465 e. The van der Waals surface area contributed by atoms with Crippen LogP contribution >= 0.6 is 23.2 Å². The van der Waals surface area contributed by atoms with E-state index in [2.05, 4.69) is 25.5 Å².